The predicted molar refractivity (Wildman–Crippen MR) is 51.7 cm³/mol. The van der Waals surface area contributed by atoms with Crippen LogP contribution < -0.4 is 10.5 Å². The van der Waals surface area contributed by atoms with Crippen molar-refractivity contribution in [3.63, 3.8) is 0 Å². The first-order chi connectivity index (χ1) is 6.19. The topological polar surface area (TPSA) is 53.1 Å². The summed E-state index contributed by atoms with van der Waals surface area (Å²) in [5.41, 5.74) is 6.67. The van der Waals surface area contributed by atoms with Gasteiger partial charge in [-0.2, -0.15) is 5.10 Å². The highest BCUT2D eigenvalue weighted by Crippen LogP contribution is 2.19. The molecular formula is C9H17N3O. The van der Waals surface area contributed by atoms with Crippen molar-refractivity contribution in [1.29, 1.82) is 0 Å². The van der Waals surface area contributed by atoms with Crippen LogP contribution >= 0.6 is 0 Å². The minimum Gasteiger partial charge on any atom is -0.493 e. The molecule has 74 valence electrons. The minimum absolute atomic E-state index is 0.462. The predicted octanol–water partition coefficient (Wildman–Crippen LogP) is 0.566. The molecule has 1 aromatic rings. The van der Waals surface area contributed by atoms with Crippen LogP contribution in [0, 0.1) is 5.92 Å². The number of nitrogens with zero attached hydrogens (tertiary/aromatic N) is 2. The molecule has 13 heavy (non-hydrogen) atoms. The maximum Gasteiger partial charge on any atom is 0.159 e. The van der Waals surface area contributed by atoms with Gasteiger partial charge in [-0.3, -0.25) is 4.68 Å². The summed E-state index contributed by atoms with van der Waals surface area (Å²) in [6.45, 7) is 2.81. The lowest BCUT2D eigenvalue weighted by Crippen LogP contribution is -2.15. The van der Waals surface area contributed by atoms with Crippen molar-refractivity contribution in [3.8, 4) is 5.75 Å². The maximum atomic E-state index is 5.56. The van der Waals surface area contributed by atoms with Crippen molar-refractivity contribution in [2.24, 2.45) is 18.7 Å². The molecule has 1 heterocycles. The number of hydrogen-bond donors (Lipinski definition) is 1. The van der Waals surface area contributed by atoms with Crippen LogP contribution in [0.3, 0.4) is 0 Å². The third-order valence-corrected chi connectivity index (χ3v) is 2.19. The van der Waals surface area contributed by atoms with E-state index >= 15 is 0 Å². The van der Waals surface area contributed by atoms with Crippen LogP contribution in [0.2, 0.25) is 0 Å². The zero-order valence-electron chi connectivity index (χ0n) is 8.45. The van der Waals surface area contributed by atoms with E-state index < -0.39 is 0 Å². The van der Waals surface area contributed by atoms with Crippen molar-refractivity contribution >= 4 is 0 Å². The summed E-state index contributed by atoms with van der Waals surface area (Å²) in [6.07, 6.45) is 2.65. The van der Waals surface area contributed by atoms with Gasteiger partial charge >= 0.3 is 0 Å². The van der Waals surface area contributed by atoms with Crippen molar-refractivity contribution in [1.82, 2.24) is 9.78 Å². The smallest absolute Gasteiger partial charge is 0.159 e. The lowest BCUT2D eigenvalue weighted by Gasteiger charge is -2.09. The molecular weight excluding hydrogens is 166 g/mol. The van der Waals surface area contributed by atoms with Crippen molar-refractivity contribution in [2.45, 2.75) is 13.3 Å². The SMILES string of the molecule is COc1cnn(C)c1CC(C)CN. The average Bonchev–Trinajstić information content (AvgIpc) is 2.48. The Morgan fingerprint density at radius 2 is 2.38 bits per heavy atom. The first-order valence-corrected chi connectivity index (χ1v) is 4.44. The standard InChI is InChI=1S/C9H17N3O/c1-7(5-10)4-8-9(13-3)6-11-12(8)2/h6-7H,4-5,10H2,1-3H3. The van der Waals surface area contributed by atoms with Gasteiger partial charge in [-0.25, -0.2) is 0 Å². The summed E-state index contributed by atoms with van der Waals surface area (Å²) in [5.74, 6) is 1.31. The van der Waals surface area contributed by atoms with Crippen LogP contribution in [0.4, 0.5) is 0 Å². The van der Waals surface area contributed by atoms with Crippen LogP contribution in [0.15, 0.2) is 6.20 Å². The van der Waals surface area contributed by atoms with Gasteiger partial charge in [0.2, 0.25) is 0 Å². The molecule has 1 unspecified atom stereocenters. The molecule has 0 bridgehead atoms. The van der Waals surface area contributed by atoms with Gasteiger partial charge in [-0.1, -0.05) is 6.92 Å². The Morgan fingerprint density at radius 1 is 1.69 bits per heavy atom. The Kier molecular flexibility index (Phi) is 3.31. The highest BCUT2D eigenvalue weighted by Gasteiger charge is 2.11. The van der Waals surface area contributed by atoms with Gasteiger partial charge in [0, 0.05) is 7.05 Å². The third-order valence-electron chi connectivity index (χ3n) is 2.19. The molecule has 1 rings (SSSR count). The van der Waals surface area contributed by atoms with Gasteiger partial charge in [0.25, 0.3) is 0 Å². The minimum atomic E-state index is 0.462. The van der Waals surface area contributed by atoms with Crippen molar-refractivity contribution in [2.75, 3.05) is 13.7 Å². The molecule has 0 fully saturated rings. The Labute approximate surface area is 78.7 Å². The van der Waals surface area contributed by atoms with Crippen molar-refractivity contribution in [3.05, 3.63) is 11.9 Å². The first kappa shape index (κ1) is 10.1. The summed E-state index contributed by atoms with van der Waals surface area (Å²) < 4.78 is 7.03. The van der Waals surface area contributed by atoms with Gasteiger partial charge in [-0.05, 0) is 18.9 Å². The molecule has 0 saturated heterocycles. The number of rotatable bonds is 4. The van der Waals surface area contributed by atoms with E-state index in [4.69, 9.17) is 10.5 Å². The second kappa shape index (κ2) is 4.28. The molecule has 2 N–H and O–H groups in total. The zero-order chi connectivity index (χ0) is 9.84. The molecule has 0 aliphatic rings. The van der Waals surface area contributed by atoms with Crippen LogP contribution in [-0.4, -0.2) is 23.4 Å². The molecule has 4 heteroatoms. The molecule has 0 saturated carbocycles. The van der Waals surface area contributed by atoms with Crippen LogP contribution in [-0.2, 0) is 13.5 Å². The summed E-state index contributed by atoms with van der Waals surface area (Å²) >= 11 is 0. The maximum absolute atomic E-state index is 5.56. The Hall–Kier alpha value is -1.03. The van der Waals surface area contributed by atoms with Gasteiger partial charge < -0.3 is 10.5 Å². The van der Waals surface area contributed by atoms with Gasteiger partial charge in [0.05, 0.1) is 19.0 Å². The molecule has 1 atom stereocenters. The number of nitrogens with two attached hydrogens (primary N) is 1. The third kappa shape index (κ3) is 2.21. The highest BCUT2D eigenvalue weighted by atomic mass is 16.5. The van der Waals surface area contributed by atoms with E-state index in [9.17, 15) is 0 Å². The van der Waals surface area contributed by atoms with E-state index in [0.717, 1.165) is 17.9 Å². The van der Waals surface area contributed by atoms with Gasteiger partial charge in [0.1, 0.15) is 0 Å². The van der Waals surface area contributed by atoms with Gasteiger partial charge in [-0.15, -0.1) is 0 Å². The van der Waals surface area contributed by atoms with Crippen molar-refractivity contribution < 1.29 is 4.74 Å². The molecule has 0 aliphatic carbocycles. The lowest BCUT2D eigenvalue weighted by molar-refractivity contribution is 0.403. The van der Waals surface area contributed by atoms with Crippen LogP contribution in [0.25, 0.3) is 0 Å². The fourth-order valence-electron chi connectivity index (χ4n) is 1.26. The molecule has 0 spiro atoms. The normalized spacial score (nSPS) is 12.9. The number of methoxy groups -OCH3 is 1. The van der Waals surface area contributed by atoms with E-state index in [1.165, 1.54) is 0 Å². The summed E-state index contributed by atoms with van der Waals surface area (Å²) in [6, 6.07) is 0. The number of aryl methyl sites for hydroxylation is 1. The summed E-state index contributed by atoms with van der Waals surface area (Å²) in [7, 11) is 3.58. The monoisotopic (exact) mass is 183 g/mol. The number of ether oxygens (including phenoxy) is 1. The zero-order valence-corrected chi connectivity index (χ0v) is 8.45. The second-order valence-corrected chi connectivity index (χ2v) is 3.33. The Morgan fingerprint density at radius 3 is 2.92 bits per heavy atom. The molecule has 0 amide bonds. The Balaban J connectivity index is 2.79. The molecule has 1 aromatic heterocycles. The first-order valence-electron chi connectivity index (χ1n) is 4.44. The van der Waals surface area contributed by atoms with E-state index in [0.29, 0.717) is 12.5 Å². The quantitative estimate of drug-likeness (QED) is 0.742. The van der Waals surface area contributed by atoms with Crippen LogP contribution in [0.1, 0.15) is 12.6 Å². The van der Waals surface area contributed by atoms with Gasteiger partial charge in [0.15, 0.2) is 5.75 Å². The fourth-order valence-corrected chi connectivity index (χ4v) is 1.26. The summed E-state index contributed by atoms with van der Waals surface area (Å²) in [5, 5.41) is 4.13. The average molecular weight is 183 g/mol. The van der Waals surface area contributed by atoms with E-state index in [1.54, 1.807) is 13.3 Å². The number of aromatic nitrogens is 2. The van der Waals surface area contributed by atoms with E-state index in [2.05, 4.69) is 12.0 Å². The summed E-state index contributed by atoms with van der Waals surface area (Å²) in [4.78, 5) is 0. The molecule has 0 aliphatic heterocycles. The second-order valence-electron chi connectivity index (χ2n) is 3.33. The highest BCUT2D eigenvalue weighted by molar-refractivity contribution is 5.25. The molecule has 0 aromatic carbocycles. The molecule has 0 radical (unpaired) electrons. The Bertz CT molecular complexity index is 270. The lowest BCUT2D eigenvalue weighted by atomic mass is 10.1. The van der Waals surface area contributed by atoms with E-state index in [1.807, 2.05) is 11.7 Å². The van der Waals surface area contributed by atoms with Crippen LogP contribution in [0.5, 0.6) is 5.75 Å². The number of hydrogen-bond acceptors (Lipinski definition) is 3. The largest absolute Gasteiger partial charge is 0.493 e. The van der Waals surface area contributed by atoms with E-state index in [-0.39, 0.29) is 0 Å². The molecule has 4 nitrogen and oxygen atoms in total. The fraction of sp³-hybridized carbons (Fsp3) is 0.667.